The first-order chi connectivity index (χ1) is 7.47. The van der Waals surface area contributed by atoms with Crippen LogP contribution in [0.5, 0.6) is 0 Å². The predicted molar refractivity (Wildman–Crippen MR) is 67.5 cm³/mol. The molecule has 3 heteroatoms. The molecule has 1 atom stereocenters. The Bertz CT molecular complexity index is 291. The highest BCUT2D eigenvalue weighted by Crippen LogP contribution is 2.20. The maximum Gasteiger partial charge on any atom is 0.0587 e. The first-order valence-corrected chi connectivity index (χ1v) is 5.95. The number of aliphatic hydroxyl groups is 1. The second kappa shape index (κ2) is 5.51. The van der Waals surface area contributed by atoms with Crippen LogP contribution in [-0.2, 0) is 5.41 Å². The fourth-order valence-corrected chi connectivity index (χ4v) is 1.74. The lowest BCUT2D eigenvalue weighted by Crippen LogP contribution is -2.43. The van der Waals surface area contributed by atoms with Gasteiger partial charge in [0.1, 0.15) is 0 Å². The molecule has 1 aromatic heterocycles. The summed E-state index contributed by atoms with van der Waals surface area (Å²) in [5.74, 6) is 0.449. The lowest BCUT2D eigenvalue weighted by molar-refractivity contribution is 0.204. The number of aliphatic hydroxyl groups excluding tert-OH is 1. The van der Waals surface area contributed by atoms with Gasteiger partial charge in [-0.1, -0.05) is 27.7 Å². The number of hydrogen-bond acceptors (Lipinski definition) is 2. The van der Waals surface area contributed by atoms with E-state index in [0.717, 1.165) is 6.54 Å². The van der Waals surface area contributed by atoms with Gasteiger partial charge in [-0.2, -0.15) is 0 Å². The second-order valence-corrected chi connectivity index (χ2v) is 5.38. The van der Waals surface area contributed by atoms with E-state index >= 15 is 0 Å². The second-order valence-electron chi connectivity index (χ2n) is 5.38. The van der Waals surface area contributed by atoms with E-state index in [-0.39, 0.29) is 18.1 Å². The van der Waals surface area contributed by atoms with Gasteiger partial charge >= 0.3 is 0 Å². The third-order valence-electron chi connectivity index (χ3n) is 3.13. The average molecular weight is 224 g/mol. The third kappa shape index (κ3) is 3.35. The van der Waals surface area contributed by atoms with Crippen LogP contribution in [0.15, 0.2) is 18.3 Å². The van der Waals surface area contributed by atoms with Crippen molar-refractivity contribution in [1.29, 1.82) is 0 Å². The van der Waals surface area contributed by atoms with Gasteiger partial charge in [-0.3, -0.25) is 0 Å². The van der Waals surface area contributed by atoms with Gasteiger partial charge in [0.2, 0.25) is 0 Å². The maximum absolute atomic E-state index is 9.25. The quantitative estimate of drug-likeness (QED) is 0.691. The van der Waals surface area contributed by atoms with Crippen molar-refractivity contribution in [3.63, 3.8) is 0 Å². The Balaban J connectivity index is 2.54. The van der Waals surface area contributed by atoms with Crippen molar-refractivity contribution in [2.45, 2.75) is 39.2 Å². The molecule has 0 aromatic carbocycles. The minimum Gasteiger partial charge on any atom is -0.395 e. The first kappa shape index (κ1) is 13.3. The summed E-state index contributed by atoms with van der Waals surface area (Å²) in [5, 5.41) is 12.7. The summed E-state index contributed by atoms with van der Waals surface area (Å²) in [6.07, 6.45) is 1.95. The molecular formula is C13H24N2O. The molecule has 1 rings (SSSR count). The smallest absolute Gasteiger partial charge is 0.0587 e. The van der Waals surface area contributed by atoms with Gasteiger partial charge in [0, 0.05) is 29.9 Å². The minimum absolute atomic E-state index is 0.0613. The van der Waals surface area contributed by atoms with Gasteiger partial charge in [-0.25, -0.2) is 0 Å². The fourth-order valence-electron chi connectivity index (χ4n) is 1.74. The summed E-state index contributed by atoms with van der Waals surface area (Å²) in [7, 11) is 0. The molecule has 0 aliphatic rings. The third-order valence-corrected chi connectivity index (χ3v) is 3.13. The van der Waals surface area contributed by atoms with E-state index in [9.17, 15) is 5.11 Å². The minimum atomic E-state index is 0.0613. The number of H-pyrrole nitrogens is 1. The molecule has 1 aromatic rings. The van der Waals surface area contributed by atoms with E-state index in [2.05, 4.69) is 44.1 Å². The maximum atomic E-state index is 9.25. The Kier molecular flexibility index (Phi) is 4.56. The zero-order valence-electron chi connectivity index (χ0n) is 10.7. The van der Waals surface area contributed by atoms with Crippen molar-refractivity contribution >= 4 is 0 Å². The molecule has 0 aliphatic carbocycles. The Morgan fingerprint density at radius 1 is 1.44 bits per heavy atom. The number of aromatic amines is 1. The van der Waals surface area contributed by atoms with Crippen molar-refractivity contribution in [3.05, 3.63) is 24.0 Å². The van der Waals surface area contributed by atoms with E-state index in [0.29, 0.717) is 5.92 Å². The molecule has 0 amide bonds. The molecule has 0 fully saturated rings. The molecule has 3 nitrogen and oxygen atoms in total. The van der Waals surface area contributed by atoms with Gasteiger partial charge in [-0.05, 0) is 18.1 Å². The first-order valence-electron chi connectivity index (χ1n) is 5.95. The van der Waals surface area contributed by atoms with Crippen molar-refractivity contribution in [2.75, 3.05) is 13.2 Å². The Labute approximate surface area is 98.3 Å². The molecule has 0 saturated heterocycles. The van der Waals surface area contributed by atoms with Crippen molar-refractivity contribution in [1.82, 2.24) is 10.3 Å². The summed E-state index contributed by atoms with van der Waals surface area (Å²) >= 11 is 0. The van der Waals surface area contributed by atoms with Crippen molar-refractivity contribution in [3.8, 4) is 0 Å². The number of aromatic nitrogens is 1. The summed E-state index contributed by atoms with van der Waals surface area (Å²) in [5.41, 5.74) is 1.28. The van der Waals surface area contributed by atoms with E-state index < -0.39 is 0 Å². The Morgan fingerprint density at radius 3 is 2.56 bits per heavy atom. The summed E-state index contributed by atoms with van der Waals surface area (Å²) in [6.45, 7) is 9.68. The molecular weight excluding hydrogens is 200 g/mol. The van der Waals surface area contributed by atoms with E-state index in [1.165, 1.54) is 5.69 Å². The lowest BCUT2D eigenvalue weighted by Gasteiger charge is -2.28. The highest BCUT2D eigenvalue weighted by atomic mass is 16.3. The molecule has 1 unspecified atom stereocenters. The SMILES string of the molecule is CC(C)C(CO)NCC(C)(C)c1ccc[nH]1. The molecule has 16 heavy (non-hydrogen) atoms. The summed E-state index contributed by atoms with van der Waals surface area (Å²) in [4.78, 5) is 3.25. The monoisotopic (exact) mass is 224 g/mol. The molecule has 0 saturated carbocycles. The highest BCUT2D eigenvalue weighted by molar-refractivity contribution is 5.15. The van der Waals surface area contributed by atoms with E-state index in [4.69, 9.17) is 0 Å². The molecule has 0 aliphatic heterocycles. The van der Waals surface area contributed by atoms with Gasteiger partial charge in [0.15, 0.2) is 0 Å². The largest absolute Gasteiger partial charge is 0.395 e. The number of hydrogen-bond donors (Lipinski definition) is 3. The topological polar surface area (TPSA) is 48.0 Å². The summed E-state index contributed by atoms with van der Waals surface area (Å²) in [6, 6.07) is 4.29. The predicted octanol–water partition coefficient (Wildman–Crippen LogP) is 1.90. The van der Waals surface area contributed by atoms with Crippen LogP contribution in [0, 0.1) is 5.92 Å². The van der Waals surface area contributed by atoms with Crippen LogP contribution in [0.3, 0.4) is 0 Å². The molecule has 0 bridgehead atoms. The van der Waals surface area contributed by atoms with Gasteiger partial charge in [-0.15, -0.1) is 0 Å². The van der Waals surface area contributed by atoms with Crippen LogP contribution in [0.2, 0.25) is 0 Å². The molecule has 1 heterocycles. The van der Waals surface area contributed by atoms with Crippen LogP contribution in [-0.4, -0.2) is 29.3 Å². The highest BCUT2D eigenvalue weighted by Gasteiger charge is 2.23. The standard InChI is InChI=1S/C13H24N2O/c1-10(2)11(8-16)15-9-13(3,4)12-6-5-7-14-12/h5-7,10-11,14-16H,8-9H2,1-4H3. The van der Waals surface area contributed by atoms with Gasteiger partial charge in [0.25, 0.3) is 0 Å². The number of rotatable bonds is 6. The van der Waals surface area contributed by atoms with Crippen molar-refractivity contribution in [2.24, 2.45) is 5.92 Å². The molecule has 0 spiro atoms. The zero-order valence-corrected chi connectivity index (χ0v) is 10.7. The fraction of sp³-hybridized carbons (Fsp3) is 0.692. The number of nitrogens with one attached hydrogen (secondary N) is 2. The van der Waals surface area contributed by atoms with Crippen LogP contribution < -0.4 is 5.32 Å². The van der Waals surface area contributed by atoms with Gasteiger partial charge < -0.3 is 15.4 Å². The Morgan fingerprint density at radius 2 is 2.12 bits per heavy atom. The van der Waals surface area contributed by atoms with Crippen molar-refractivity contribution < 1.29 is 5.11 Å². The van der Waals surface area contributed by atoms with Crippen LogP contribution >= 0.6 is 0 Å². The molecule has 92 valence electrons. The molecule has 3 N–H and O–H groups in total. The lowest BCUT2D eigenvalue weighted by atomic mass is 9.88. The zero-order chi connectivity index (χ0) is 12.2. The van der Waals surface area contributed by atoms with E-state index in [1.807, 2.05) is 12.3 Å². The van der Waals surface area contributed by atoms with Crippen LogP contribution in [0.1, 0.15) is 33.4 Å². The summed E-state index contributed by atoms with van der Waals surface area (Å²) < 4.78 is 0. The average Bonchev–Trinajstić information content (AvgIpc) is 2.71. The normalized spacial score (nSPS) is 14.4. The van der Waals surface area contributed by atoms with Crippen LogP contribution in [0.25, 0.3) is 0 Å². The van der Waals surface area contributed by atoms with E-state index in [1.54, 1.807) is 0 Å². The van der Waals surface area contributed by atoms with Gasteiger partial charge in [0.05, 0.1) is 6.61 Å². The van der Waals surface area contributed by atoms with Crippen LogP contribution in [0.4, 0.5) is 0 Å². The Hall–Kier alpha value is -0.800. The molecule has 0 radical (unpaired) electrons.